The predicted molar refractivity (Wildman–Crippen MR) is 69.5 cm³/mol. The number of rotatable bonds is 3. The van der Waals surface area contributed by atoms with Crippen molar-refractivity contribution in [2.45, 2.75) is 13.3 Å². The van der Waals surface area contributed by atoms with Crippen molar-refractivity contribution in [3.63, 3.8) is 0 Å². The zero-order valence-corrected chi connectivity index (χ0v) is 10.1. The van der Waals surface area contributed by atoms with E-state index in [9.17, 15) is 5.11 Å². The summed E-state index contributed by atoms with van der Waals surface area (Å²) >= 11 is 0. The molecule has 2 heteroatoms. The van der Waals surface area contributed by atoms with Gasteiger partial charge in [-0.1, -0.05) is 25.1 Å². The molecule has 0 radical (unpaired) electrons. The van der Waals surface area contributed by atoms with Gasteiger partial charge in [0.25, 0.3) is 0 Å². The summed E-state index contributed by atoms with van der Waals surface area (Å²) in [5.74, 6) is 1.10. The van der Waals surface area contributed by atoms with E-state index < -0.39 is 0 Å². The number of aryl methyl sites for hydroxylation is 1. The second kappa shape index (κ2) is 4.91. The van der Waals surface area contributed by atoms with Gasteiger partial charge in [0.15, 0.2) is 0 Å². The Bertz CT molecular complexity index is 518. The molecule has 0 aromatic heterocycles. The van der Waals surface area contributed by atoms with Crippen molar-refractivity contribution < 1.29 is 9.84 Å². The molecule has 0 fully saturated rings. The first kappa shape index (κ1) is 11.5. The van der Waals surface area contributed by atoms with E-state index in [1.54, 1.807) is 19.2 Å². The molecule has 0 aliphatic heterocycles. The highest BCUT2D eigenvalue weighted by Crippen LogP contribution is 2.32. The fourth-order valence-corrected chi connectivity index (χ4v) is 1.87. The molecule has 2 aromatic rings. The maximum atomic E-state index is 9.52. The van der Waals surface area contributed by atoms with Gasteiger partial charge in [0.2, 0.25) is 0 Å². The minimum atomic E-state index is 0.270. The van der Waals surface area contributed by atoms with Gasteiger partial charge >= 0.3 is 0 Å². The van der Waals surface area contributed by atoms with E-state index in [1.165, 1.54) is 5.56 Å². The summed E-state index contributed by atoms with van der Waals surface area (Å²) < 4.78 is 5.36. The summed E-state index contributed by atoms with van der Waals surface area (Å²) in [7, 11) is 1.66. The van der Waals surface area contributed by atoms with Crippen molar-refractivity contribution in [3.05, 3.63) is 48.0 Å². The van der Waals surface area contributed by atoms with Crippen LogP contribution < -0.4 is 4.74 Å². The third-order valence-corrected chi connectivity index (χ3v) is 2.83. The van der Waals surface area contributed by atoms with Crippen molar-refractivity contribution >= 4 is 0 Å². The van der Waals surface area contributed by atoms with Gasteiger partial charge < -0.3 is 9.84 Å². The van der Waals surface area contributed by atoms with Crippen molar-refractivity contribution in [3.8, 4) is 22.6 Å². The van der Waals surface area contributed by atoms with E-state index in [1.807, 2.05) is 18.2 Å². The lowest BCUT2D eigenvalue weighted by Gasteiger charge is -2.10. The monoisotopic (exact) mass is 228 g/mol. The van der Waals surface area contributed by atoms with Crippen LogP contribution in [0.15, 0.2) is 42.5 Å². The maximum Gasteiger partial charge on any atom is 0.126 e. The van der Waals surface area contributed by atoms with E-state index in [4.69, 9.17) is 4.74 Å². The Morgan fingerprint density at radius 3 is 2.59 bits per heavy atom. The summed E-state index contributed by atoms with van der Waals surface area (Å²) in [6.45, 7) is 2.12. The Morgan fingerprint density at radius 2 is 1.94 bits per heavy atom. The van der Waals surface area contributed by atoms with Gasteiger partial charge in [0.1, 0.15) is 11.5 Å². The molecule has 17 heavy (non-hydrogen) atoms. The average molecular weight is 228 g/mol. The lowest BCUT2D eigenvalue weighted by Crippen LogP contribution is -1.90. The molecule has 2 rings (SSSR count). The number of methoxy groups -OCH3 is 1. The highest BCUT2D eigenvalue weighted by atomic mass is 16.5. The van der Waals surface area contributed by atoms with E-state index in [2.05, 4.69) is 19.1 Å². The number of phenolic OH excluding ortho intramolecular Hbond substituents is 1. The molecule has 0 unspecified atom stereocenters. The van der Waals surface area contributed by atoms with E-state index in [0.717, 1.165) is 23.3 Å². The Balaban J connectivity index is 2.56. The van der Waals surface area contributed by atoms with Crippen LogP contribution in [0.25, 0.3) is 11.1 Å². The molecule has 0 aliphatic carbocycles. The summed E-state index contributed by atoms with van der Waals surface area (Å²) in [6, 6.07) is 13.4. The Morgan fingerprint density at radius 1 is 1.12 bits per heavy atom. The average Bonchev–Trinajstić information content (AvgIpc) is 2.38. The molecule has 0 spiro atoms. The number of benzene rings is 2. The fraction of sp³-hybridized carbons (Fsp3) is 0.200. The van der Waals surface area contributed by atoms with E-state index in [-0.39, 0.29) is 5.75 Å². The third-order valence-electron chi connectivity index (χ3n) is 2.83. The third kappa shape index (κ3) is 2.41. The lowest BCUT2D eigenvalue weighted by atomic mass is 10.0. The Labute approximate surface area is 101 Å². The van der Waals surface area contributed by atoms with Gasteiger partial charge in [-0.05, 0) is 41.8 Å². The first-order valence-electron chi connectivity index (χ1n) is 5.71. The van der Waals surface area contributed by atoms with Crippen LogP contribution in [-0.2, 0) is 6.42 Å². The second-order valence-corrected chi connectivity index (χ2v) is 3.94. The lowest BCUT2D eigenvalue weighted by molar-refractivity contribution is 0.416. The van der Waals surface area contributed by atoms with Crippen LogP contribution in [0, 0.1) is 0 Å². The summed E-state index contributed by atoms with van der Waals surface area (Å²) in [4.78, 5) is 0. The van der Waals surface area contributed by atoms with Crippen LogP contribution in [0.1, 0.15) is 12.5 Å². The van der Waals surface area contributed by atoms with Crippen LogP contribution in [0.2, 0.25) is 0 Å². The van der Waals surface area contributed by atoms with Crippen LogP contribution >= 0.6 is 0 Å². The number of aromatic hydroxyl groups is 1. The summed E-state index contributed by atoms with van der Waals surface area (Å²) in [5, 5.41) is 9.52. The molecule has 0 saturated heterocycles. The zero-order chi connectivity index (χ0) is 12.3. The topological polar surface area (TPSA) is 29.5 Å². The van der Waals surface area contributed by atoms with Crippen molar-refractivity contribution in [1.29, 1.82) is 0 Å². The molecule has 2 aromatic carbocycles. The quantitative estimate of drug-likeness (QED) is 0.869. The van der Waals surface area contributed by atoms with Crippen molar-refractivity contribution in [2.75, 3.05) is 7.11 Å². The predicted octanol–water partition coefficient (Wildman–Crippen LogP) is 3.63. The SMILES string of the molecule is CCc1ccc(OC)c(-c2cccc(O)c2)c1. The fourth-order valence-electron chi connectivity index (χ4n) is 1.87. The largest absolute Gasteiger partial charge is 0.508 e. The second-order valence-electron chi connectivity index (χ2n) is 3.94. The zero-order valence-electron chi connectivity index (χ0n) is 10.1. The number of hydrogen-bond donors (Lipinski definition) is 1. The van der Waals surface area contributed by atoms with Gasteiger partial charge in [0.05, 0.1) is 7.11 Å². The Hall–Kier alpha value is -1.96. The standard InChI is InChI=1S/C15H16O2/c1-3-11-7-8-15(17-2)14(9-11)12-5-4-6-13(16)10-12/h4-10,16H,3H2,1-2H3. The minimum Gasteiger partial charge on any atom is -0.508 e. The van der Waals surface area contributed by atoms with Gasteiger partial charge in [-0.2, -0.15) is 0 Å². The summed E-state index contributed by atoms with van der Waals surface area (Å²) in [5.41, 5.74) is 3.24. The molecular weight excluding hydrogens is 212 g/mol. The molecule has 0 atom stereocenters. The number of ether oxygens (including phenoxy) is 1. The molecule has 0 amide bonds. The van der Waals surface area contributed by atoms with E-state index >= 15 is 0 Å². The molecule has 0 saturated carbocycles. The van der Waals surface area contributed by atoms with Gasteiger partial charge in [-0.15, -0.1) is 0 Å². The molecule has 0 bridgehead atoms. The normalized spacial score (nSPS) is 10.2. The van der Waals surface area contributed by atoms with Gasteiger partial charge in [-0.3, -0.25) is 0 Å². The van der Waals surface area contributed by atoms with Crippen LogP contribution in [-0.4, -0.2) is 12.2 Å². The molecule has 0 heterocycles. The first-order valence-corrected chi connectivity index (χ1v) is 5.71. The molecule has 88 valence electrons. The highest BCUT2D eigenvalue weighted by Gasteiger charge is 2.07. The minimum absolute atomic E-state index is 0.270. The smallest absolute Gasteiger partial charge is 0.126 e. The van der Waals surface area contributed by atoms with Gasteiger partial charge in [0, 0.05) is 5.56 Å². The molecule has 0 aliphatic rings. The van der Waals surface area contributed by atoms with Crippen molar-refractivity contribution in [1.82, 2.24) is 0 Å². The molecule has 2 nitrogen and oxygen atoms in total. The van der Waals surface area contributed by atoms with Crippen LogP contribution in [0.3, 0.4) is 0 Å². The van der Waals surface area contributed by atoms with Crippen molar-refractivity contribution in [2.24, 2.45) is 0 Å². The summed E-state index contributed by atoms with van der Waals surface area (Å²) in [6.07, 6.45) is 0.982. The molecular formula is C15H16O2. The first-order chi connectivity index (χ1) is 8.24. The maximum absolute atomic E-state index is 9.52. The molecule has 1 N–H and O–H groups in total. The van der Waals surface area contributed by atoms with E-state index in [0.29, 0.717) is 0 Å². The number of phenols is 1. The van der Waals surface area contributed by atoms with Crippen LogP contribution in [0.4, 0.5) is 0 Å². The number of hydrogen-bond acceptors (Lipinski definition) is 2. The van der Waals surface area contributed by atoms with Crippen LogP contribution in [0.5, 0.6) is 11.5 Å². The Kier molecular flexibility index (Phi) is 3.33. The van der Waals surface area contributed by atoms with Gasteiger partial charge in [-0.25, -0.2) is 0 Å². The highest BCUT2D eigenvalue weighted by molar-refractivity contribution is 5.72.